The van der Waals surface area contributed by atoms with Gasteiger partial charge < -0.3 is 15.5 Å². The van der Waals surface area contributed by atoms with Crippen molar-refractivity contribution in [3.63, 3.8) is 0 Å². The lowest BCUT2D eigenvalue weighted by Gasteiger charge is -2.17. The topological polar surface area (TPSA) is 66.0 Å². The highest BCUT2D eigenvalue weighted by Crippen LogP contribution is 2.21. The van der Waals surface area contributed by atoms with E-state index in [1.165, 1.54) is 0 Å². The molecule has 1 unspecified atom stereocenters. The van der Waals surface area contributed by atoms with E-state index in [0.29, 0.717) is 17.8 Å². The molecule has 21 heavy (non-hydrogen) atoms. The van der Waals surface area contributed by atoms with Gasteiger partial charge in [-0.25, -0.2) is 0 Å². The number of aromatic nitrogens is 3. The first-order valence-corrected chi connectivity index (χ1v) is 7.42. The molecule has 0 saturated heterocycles. The van der Waals surface area contributed by atoms with E-state index in [0.717, 1.165) is 10.0 Å². The zero-order chi connectivity index (χ0) is 15.4. The lowest BCUT2D eigenvalue weighted by atomic mass is 10.1. The van der Waals surface area contributed by atoms with Crippen LogP contribution < -0.4 is 15.5 Å². The van der Waals surface area contributed by atoms with Crippen molar-refractivity contribution in [2.75, 3.05) is 36.7 Å². The van der Waals surface area contributed by atoms with Crippen molar-refractivity contribution >= 4 is 33.8 Å². The number of hydrogen-bond acceptors (Lipinski definition) is 6. The number of rotatable bonds is 5. The zero-order valence-electron chi connectivity index (χ0n) is 12.6. The fourth-order valence-electron chi connectivity index (χ4n) is 1.79. The molecule has 7 heteroatoms. The summed E-state index contributed by atoms with van der Waals surface area (Å²) in [5.74, 6) is 1.70. The fraction of sp³-hybridized carbons (Fsp3) is 0.357. The standard InChI is InChI=1S/C14H19BrN6/c1-9(10-6-5-7-11(15)8-10)17-13-18-12(16-2)19-14(20-13)21(3)4/h5-9H,1-4H3,(H2,16,17,18,19,20). The fourth-order valence-corrected chi connectivity index (χ4v) is 2.21. The molecule has 0 radical (unpaired) electrons. The van der Waals surface area contributed by atoms with E-state index in [9.17, 15) is 0 Å². The Morgan fingerprint density at radius 3 is 2.48 bits per heavy atom. The van der Waals surface area contributed by atoms with Crippen LogP contribution in [-0.4, -0.2) is 36.1 Å². The first-order chi connectivity index (χ1) is 9.99. The summed E-state index contributed by atoms with van der Waals surface area (Å²) in [7, 11) is 5.59. The van der Waals surface area contributed by atoms with Crippen molar-refractivity contribution in [2.45, 2.75) is 13.0 Å². The van der Waals surface area contributed by atoms with Crippen LogP contribution in [0.5, 0.6) is 0 Å². The van der Waals surface area contributed by atoms with Gasteiger partial charge in [0.25, 0.3) is 0 Å². The molecule has 2 N–H and O–H groups in total. The molecule has 1 atom stereocenters. The molecular weight excluding hydrogens is 332 g/mol. The molecule has 0 aliphatic rings. The van der Waals surface area contributed by atoms with Crippen LogP contribution in [0.15, 0.2) is 28.7 Å². The van der Waals surface area contributed by atoms with Crippen LogP contribution in [0.4, 0.5) is 17.8 Å². The maximum atomic E-state index is 4.41. The van der Waals surface area contributed by atoms with Gasteiger partial charge in [-0.2, -0.15) is 15.0 Å². The van der Waals surface area contributed by atoms with Gasteiger partial charge in [-0.1, -0.05) is 28.1 Å². The third-order valence-corrected chi connectivity index (χ3v) is 3.43. The molecule has 0 spiro atoms. The van der Waals surface area contributed by atoms with Gasteiger partial charge in [-0.15, -0.1) is 0 Å². The predicted molar refractivity (Wildman–Crippen MR) is 89.9 cm³/mol. The number of halogens is 1. The summed E-state index contributed by atoms with van der Waals surface area (Å²) >= 11 is 3.48. The van der Waals surface area contributed by atoms with E-state index in [-0.39, 0.29) is 6.04 Å². The summed E-state index contributed by atoms with van der Waals surface area (Å²) in [5.41, 5.74) is 1.15. The van der Waals surface area contributed by atoms with E-state index in [1.807, 2.05) is 31.1 Å². The summed E-state index contributed by atoms with van der Waals surface area (Å²) in [6, 6.07) is 8.24. The Morgan fingerprint density at radius 1 is 1.14 bits per heavy atom. The Balaban J connectivity index is 2.24. The van der Waals surface area contributed by atoms with Crippen molar-refractivity contribution in [3.05, 3.63) is 34.3 Å². The Morgan fingerprint density at radius 2 is 1.86 bits per heavy atom. The van der Waals surface area contributed by atoms with Crippen molar-refractivity contribution in [1.29, 1.82) is 0 Å². The molecule has 0 amide bonds. The van der Waals surface area contributed by atoms with Crippen LogP contribution in [0.2, 0.25) is 0 Å². The SMILES string of the molecule is CNc1nc(NC(C)c2cccc(Br)c2)nc(N(C)C)n1. The minimum atomic E-state index is 0.0876. The monoisotopic (exact) mass is 350 g/mol. The molecule has 112 valence electrons. The molecule has 1 heterocycles. The van der Waals surface area contributed by atoms with Crippen LogP contribution in [-0.2, 0) is 0 Å². The molecular formula is C14H19BrN6. The normalized spacial score (nSPS) is 11.9. The zero-order valence-corrected chi connectivity index (χ0v) is 14.1. The molecule has 0 aliphatic carbocycles. The predicted octanol–water partition coefficient (Wildman–Crippen LogP) is 2.91. The lowest BCUT2D eigenvalue weighted by molar-refractivity contribution is 0.848. The Bertz CT molecular complexity index is 616. The lowest BCUT2D eigenvalue weighted by Crippen LogP contribution is -2.17. The summed E-state index contributed by atoms with van der Waals surface area (Å²) in [4.78, 5) is 14.9. The van der Waals surface area contributed by atoms with Gasteiger partial charge in [-0.05, 0) is 24.6 Å². The first-order valence-electron chi connectivity index (χ1n) is 6.62. The summed E-state index contributed by atoms with van der Waals surface area (Å²) < 4.78 is 1.05. The second kappa shape index (κ2) is 6.71. The van der Waals surface area contributed by atoms with Crippen LogP contribution >= 0.6 is 15.9 Å². The number of hydrogen-bond donors (Lipinski definition) is 2. The third-order valence-electron chi connectivity index (χ3n) is 2.94. The number of anilines is 3. The maximum Gasteiger partial charge on any atom is 0.231 e. The second-order valence-electron chi connectivity index (χ2n) is 4.85. The third kappa shape index (κ3) is 4.04. The van der Waals surface area contributed by atoms with Crippen LogP contribution in [0.1, 0.15) is 18.5 Å². The first kappa shape index (κ1) is 15.5. The Hall–Kier alpha value is -1.89. The second-order valence-corrected chi connectivity index (χ2v) is 5.76. The molecule has 1 aromatic carbocycles. The van der Waals surface area contributed by atoms with Crippen LogP contribution in [0, 0.1) is 0 Å². The minimum absolute atomic E-state index is 0.0876. The molecule has 0 fully saturated rings. The van der Waals surface area contributed by atoms with Gasteiger partial charge in [0.05, 0.1) is 6.04 Å². The van der Waals surface area contributed by atoms with E-state index in [4.69, 9.17) is 0 Å². The molecule has 0 aliphatic heterocycles. The van der Waals surface area contributed by atoms with Gasteiger partial charge >= 0.3 is 0 Å². The Kier molecular flexibility index (Phi) is 4.95. The van der Waals surface area contributed by atoms with Gasteiger partial charge in [0, 0.05) is 25.6 Å². The highest BCUT2D eigenvalue weighted by Gasteiger charge is 2.11. The van der Waals surface area contributed by atoms with E-state index in [1.54, 1.807) is 7.05 Å². The van der Waals surface area contributed by atoms with E-state index in [2.05, 4.69) is 60.6 Å². The van der Waals surface area contributed by atoms with E-state index >= 15 is 0 Å². The van der Waals surface area contributed by atoms with Crippen molar-refractivity contribution in [3.8, 4) is 0 Å². The molecule has 2 rings (SSSR count). The quantitative estimate of drug-likeness (QED) is 0.864. The van der Waals surface area contributed by atoms with Crippen molar-refractivity contribution in [2.24, 2.45) is 0 Å². The van der Waals surface area contributed by atoms with Crippen molar-refractivity contribution < 1.29 is 0 Å². The van der Waals surface area contributed by atoms with Gasteiger partial charge in [0.2, 0.25) is 17.8 Å². The summed E-state index contributed by atoms with van der Waals surface area (Å²) in [6.45, 7) is 2.07. The highest BCUT2D eigenvalue weighted by molar-refractivity contribution is 9.10. The Labute approximate surface area is 133 Å². The number of benzene rings is 1. The summed E-state index contributed by atoms with van der Waals surface area (Å²) in [5, 5.41) is 6.25. The number of nitrogens with one attached hydrogen (secondary N) is 2. The number of nitrogens with zero attached hydrogens (tertiary/aromatic N) is 4. The van der Waals surface area contributed by atoms with Gasteiger partial charge in [-0.3, -0.25) is 0 Å². The average Bonchev–Trinajstić information content (AvgIpc) is 2.46. The average molecular weight is 351 g/mol. The van der Waals surface area contributed by atoms with Crippen LogP contribution in [0.3, 0.4) is 0 Å². The van der Waals surface area contributed by atoms with E-state index < -0.39 is 0 Å². The van der Waals surface area contributed by atoms with Gasteiger partial charge in [0.15, 0.2) is 0 Å². The molecule has 2 aromatic rings. The minimum Gasteiger partial charge on any atom is -0.357 e. The smallest absolute Gasteiger partial charge is 0.231 e. The largest absolute Gasteiger partial charge is 0.357 e. The maximum absolute atomic E-state index is 4.41. The molecule has 0 saturated carbocycles. The highest BCUT2D eigenvalue weighted by atomic mass is 79.9. The summed E-state index contributed by atoms with van der Waals surface area (Å²) in [6.07, 6.45) is 0. The molecule has 1 aromatic heterocycles. The van der Waals surface area contributed by atoms with Crippen LogP contribution in [0.25, 0.3) is 0 Å². The van der Waals surface area contributed by atoms with Crippen molar-refractivity contribution in [1.82, 2.24) is 15.0 Å². The van der Waals surface area contributed by atoms with Gasteiger partial charge in [0.1, 0.15) is 0 Å². The molecule has 0 bridgehead atoms. The molecule has 6 nitrogen and oxygen atoms in total.